The minimum atomic E-state index is -0.717. The second-order valence-corrected chi connectivity index (χ2v) is 14.4. The van der Waals surface area contributed by atoms with E-state index < -0.39 is 11.6 Å². The number of para-hydroxylation sites is 1. The minimum absolute atomic E-state index is 0.209. The first kappa shape index (κ1) is 34.8. The van der Waals surface area contributed by atoms with E-state index in [1.54, 1.807) is 0 Å². The molecule has 1 aliphatic rings. The molecule has 0 spiro atoms. The summed E-state index contributed by atoms with van der Waals surface area (Å²) in [5, 5.41) is 3.56. The fourth-order valence-electron chi connectivity index (χ4n) is 6.15. The van der Waals surface area contributed by atoms with Gasteiger partial charge in [-0.2, -0.15) is 0 Å². The Morgan fingerprint density at radius 1 is 0.940 bits per heavy atom. The molecule has 0 radical (unpaired) electrons. The normalized spacial score (nSPS) is 12.8. The van der Waals surface area contributed by atoms with Crippen molar-refractivity contribution in [3.05, 3.63) is 101 Å². The van der Waals surface area contributed by atoms with Crippen LogP contribution in [0.5, 0.6) is 5.75 Å². The number of aromatic nitrogens is 2. The highest BCUT2D eigenvalue weighted by Gasteiger charge is 2.28. The van der Waals surface area contributed by atoms with E-state index in [0.29, 0.717) is 48.2 Å². The van der Waals surface area contributed by atoms with E-state index >= 15 is 0 Å². The summed E-state index contributed by atoms with van der Waals surface area (Å²) in [7, 11) is 0. The lowest BCUT2D eigenvalue weighted by atomic mass is 9.94. The molecule has 0 aliphatic carbocycles. The van der Waals surface area contributed by atoms with Crippen molar-refractivity contribution in [1.29, 1.82) is 0 Å². The SMILES string of the molecule is Cc1c(OCCCCCC=O)cccc1-c1ccc(N2CCc3cccc(C(=O)Nc4nc5ccccc5s4)c3C2)nc1C(=O)OC(C)(C)C. The van der Waals surface area contributed by atoms with Gasteiger partial charge in [0.05, 0.1) is 16.8 Å². The molecule has 5 aromatic rings. The van der Waals surface area contributed by atoms with Gasteiger partial charge in [0.25, 0.3) is 5.91 Å². The number of unbranched alkanes of at least 4 members (excludes halogenated alkanes) is 3. The molecular formula is C40H42N4O5S. The number of anilines is 2. The van der Waals surface area contributed by atoms with Gasteiger partial charge in [-0.25, -0.2) is 14.8 Å². The molecule has 0 unspecified atom stereocenters. The van der Waals surface area contributed by atoms with Crippen molar-refractivity contribution in [2.75, 3.05) is 23.4 Å². The molecule has 3 aromatic carbocycles. The van der Waals surface area contributed by atoms with Crippen LogP contribution in [0.15, 0.2) is 72.8 Å². The first-order valence-electron chi connectivity index (χ1n) is 17.0. The van der Waals surface area contributed by atoms with Crippen LogP contribution in [0.2, 0.25) is 0 Å². The molecule has 258 valence electrons. The van der Waals surface area contributed by atoms with Crippen molar-refractivity contribution in [1.82, 2.24) is 9.97 Å². The summed E-state index contributed by atoms with van der Waals surface area (Å²) in [5.41, 5.74) is 5.37. The molecule has 10 heteroatoms. The number of esters is 1. The van der Waals surface area contributed by atoms with Gasteiger partial charge in [0.2, 0.25) is 0 Å². The summed E-state index contributed by atoms with van der Waals surface area (Å²) in [5.74, 6) is 0.644. The van der Waals surface area contributed by atoms with E-state index in [2.05, 4.69) is 21.3 Å². The largest absolute Gasteiger partial charge is 0.493 e. The monoisotopic (exact) mass is 690 g/mol. The maximum absolute atomic E-state index is 13.7. The van der Waals surface area contributed by atoms with Gasteiger partial charge in [-0.05, 0) is 112 Å². The van der Waals surface area contributed by atoms with Crippen LogP contribution in [-0.4, -0.2) is 46.9 Å². The zero-order valence-corrected chi connectivity index (χ0v) is 29.8. The first-order chi connectivity index (χ1) is 24.1. The van der Waals surface area contributed by atoms with Crippen molar-refractivity contribution in [3.63, 3.8) is 0 Å². The Morgan fingerprint density at radius 2 is 1.76 bits per heavy atom. The number of pyridine rings is 1. The molecule has 9 nitrogen and oxygen atoms in total. The van der Waals surface area contributed by atoms with Crippen LogP contribution in [0.3, 0.4) is 0 Å². The average Bonchev–Trinajstić information content (AvgIpc) is 3.51. The Morgan fingerprint density at radius 3 is 2.56 bits per heavy atom. The Bertz CT molecular complexity index is 2000. The van der Waals surface area contributed by atoms with Crippen LogP contribution in [0.4, 0.5) is 10.9 Å². The van der Waals surface area contributed by atoms with E-state index in [-0.39, 0.29) is 11.6 Å². The summed E-state index contributed by atoms with van der Waals surface area (Å²) in [6, 6.07) is 23.3. The average molecular weight is 691 g/mol. The Hall–Kier alpha value is -5.09. The molecule has 1 aliphatic heterocycles. The number of carbonyl (C=O) groups is 3. The molecule has 0 fully saturated rings. The highest BCUT2D eigenvalue weighted by Crippen LogP contribution is 2.35. The first-order valence-corrected chi connectivity index (χ1v) is 17.9. The van der Waals surface area contributed by atoms with Crippen LogP contribution in [-0.2, 0) is 22.5 Å². The quantitative estimate of drug-likeness (QED) is 0.0788. The van der Waals surface area contributed by atoms with E-state index in [4.69, 9.17) is 14.5 Å². The van der Waals surface area contributed by atoms with Crippen LogP contribution in [0.25, 0.3) is 21.3 Å². The number of nitrogens with zero attached hydrogens (tertiary/aromatic N) is 3. The Balaban J connectivity index is 1.27. The van der Waals surface area contributed by atoms with Gasteiger partial charge < -0.3 is 19.2 Å². The van der Waals surface area contributed by atoms with Crippen molar-refractivity contribution in [2.45, 2.75) is 71.9 Å². The van der Waals surface area contributed by atoms with Gasteiger partial charge in [-0.3, -0.25) is 10.1 Å². The number of nitrogens with one attached hydrogen (secondary N) is 1. The molecule has 2 aromatic heterocycles. The predicted molar refractivity (Wildman–Crippen MR) is 198 cm³/mol. The van der Waals surface area contributed by atoms with Gasteiger partial charge in [-0.1, -0.05) is 47.7 Å². The fourth-order valence-corrected chi connectivity index (χ4v) is 7.02. The van der Waals surface area contributed by atoms with Crippen LogP contribution >= 0.6 is 11.3 Å². The third kappa shape index (κ3) is 8.03. The Kier molecular flexibility index (Phi) is 10.6. The third-order valence-corrected chi connectivity index (χ3v) is 9.58. The minimum Gasteiger partial charge on any atom is -0.493 e. The number of ether oxygens (including phenoxy) is 2. The smallest absolute Gasteiger partial charge is 0.358 e. The molecule has 0 saturated carbocycles. The van der Waals surface area contributed by atoms with Crippen molar-refractivity contribution >= 4 is 50.7 Å². The number of carbonyl (C=O) groups excluding carboxylic acids is 3. The van der Waals surface area contributed by atoms with Crippen LogP contribution in [0, 0.1) is 6.92 Å². The van der Waals surface area contributed by atoms with Gasteiger partial charge in [0.15, 0.2) is 10.8 Å². The predicted octanol–water partition coefficient (Wildman–Crippen LogP) is 8.58. The maximum atomic E-state index is 13.7. The molecule has 1 N–H and O–H groups in total. The summed E-state index contributed by atoms with van der Waals surface area (Å²) in [4.78, 5) is 49.6. The molecule has 50 heavy (non-hydrogen) atoms. The number of benzene rings is 3. The van der Waals surface area contributed by atoms with Crippen LogP contribution < -0.4 is 15.0 Å². The number of thiazole rings is 1. The van der Waals surface area contributed by atoms with E-state index in [9.17, 15) is 14.4 Å². The number of fused-ring (bicyclic) bond motifs is 2. The number of hydrogen-bond donors (Lipinski definition) is 1. The molecule has 3 heterocycles. The fraction of sp³-hybridized carbons (Fsp3) is 0.325. The van der Waals surface area contributed by atoms with Gasteiger partial charge >= 0.3 is 5.97 Å². The second kappa shape index (κ2) is 15.2. The van der Waals surface area contributed by atoms with Gasteiger partial charge in [-0.15, -0.1) is 0 Å². The third-order valence-electron chi connectivity index (χ3n) is 8.63. The summed E-state index contributed by atoms with van der Waals surface area (Å²) < 4.78 is 13.0. The van der Waals surface area contributed by atoms with Crippen molar-refractivity contribution in [3.8, 4) is 16.9 Å². The van der Waals surface area contributed by atoms with E-state index in [1.807, 2.05) is 94.4 Å². The highest BCUT2D eigenvalue weighted by atomic mass is 32.1. The number of rotatable bonds is 12. The van der Waals surface area contributed by atoms with E-state index in [1.165, 1.54) is 11.3 Å². The maximum Gasteiger partial charge on any atom is 0.358 e. The molecule has 6 rings (SSSR count). The summed E-state index contributed by atoms with van der Waals surface area (Å²) >= 11 is 1.45. The van der Waals surface area contributed by atoms with E-state index in [0.717, 1.165) is 70.2 Å². The van der Waals surface area contributed by atoms with Crippen molar-refractivity contribution in [2.24, 2.45) is 0 Å². The summed E-state index contributed by atoms with van der Waals surface area (Å²) in [6.45, 7) is 9.16. The molecule has 0 atom stereocenters. The van der Waals surface area contributed by atoms with Crippen LogP contribution in [0.1, 0.15) is 84.0 Å². The lowest BCUT2D eigenvalue weighted by Crippen LogP contribution is -2.33. The van der Waals surface area contributed by atoms with Gasteiger partial charge in [0, 0.05) is 30.6 Å². The molecular weight excluding hydrogens is 649 g/mol. The number of hydrogen-bond acceptors (Lipinski definition) is 9. The zero-order chi connectivity index (χ0) is 35.3. The molecule has 0 bridgehead atoms. The molecule has 0 saturated heterocycles. The number of amides is 1. The van der Waals surface area contributed by atoms with Crippen molar-refractivity contribution < 1.29 is 23.9 Å². The number of aldehydes is 1. The molecule has 1 amide bonds. The summed E-state index contributed by atoms with van der Waals surface area (Å²) in [6.07, 6.45) is 4.85. The standard InChI is InChI=1S/C40H42N4O5S/c1-26-28(14-12-17-33(26)48-24-10-6-5-9-23-45)29-19-20-35(42-36(29)38(47)49-40(2,3)4)44-22-21-27-13-11-15-30(31(27)25-44)37(46)43-39-41-32-16-7-8-18-34(32)50-39/h7-8,11-20,23H,5-6,9-10,21-22,24-25H2,1-4H3,(H,41,43,46). The second-order valence-electron chi connectivity index (χ2n) is 13.4. The topological polar surface area (TPSA) is 111 Å². The lowest BCUT2D eigenvalue weighted by molar-refractivity contribution is -0.107. The highest BCUT2D eigenvalue weighted by molar-refractivity contribution is 7.22. The Labute approximate surface area is 296 Å². The zero-order valence-electron chi connectivity index (χ0n) is 29.0. The lowest BCUT2D eigenvalue weighted by Gasteiger charge is -2.31. The van der Waals surface area contributed by atoms with Gasteiger partial charge in [0.1, 0.15) is 23.5 Å².